The van der Waals surface area contributed by atoms with E-state index in [0.29, 0.717) is 0 Å². The Morgan fingerprint density at radius 2 is 1.64 bits per heavy atom. The van der Waals surface area contributed by atoms with E-state index in [4.69, 9.17) is 33.5 Å². The van der Waals surface area contributed by atoms with Crippen molar-refractivity contribution in [1.82, 2.24) is 39.0 Å². The molecule has 0 spiro atoms. The number of fused-ring (bicyclic) bond motifs is 4. The van der Waals surface area contributed by atoms with Crippen molar-refractivity contribution in [3.63, 3.8) is 0 Å². The van der Waals surface area contributed by atoms with Gasteiger partial charge < -0.3 is 44.9 Å². The Balaban J connectivity index is 1.17. The fraction of sp³-hybridized carbons (Fsp3) is 0.524. The number of rotatable bonds is 2. The van der Waals surface area contributed by atoms with Gasteiger partial charge >= 0.3 is 15.4 Å². The lowest BCUT2D eigenvalue weighted by Gasteiger charge is -2.28. The van der Waals surface area contributed by atoms with Crippen LogP contribution in [-0.2, 0) is 36.9 Å². The van der Waals surface area contributed by atoms with E-state index in [1.54, 1.807) is 0 Å². The molecule has 22 nitrogen and oxygen atoms in total. The van der Waals surface area contributed by atoms with Crippen LogP contribution in [0.15, 0.2) is 23.8 Å². The minimum absolute atomic E-state index is 0.0264. The van der Waals surface area contributed by atoms with E-state index in [2.05, 4.69) is 29.9 Å². The van der Waals surface area contributed by atoms with Gasteiger partial charge in [0.15, 0.2) is 53.8 Å². The molecule has 0 bridgehead atoms. The van der Waals surface area contributed by atoms with Crippen molar-refractivity contribution in [3.8, 4) is 0 Å². The zero-order valence-corrected chi connectivity index (χ0v) is 24.6. The highest BCUT2D eigenvalue weighted by Gasteiger charge is 2.54. The monoisotopic (exact) mass is 673 g/mol. The summed E-state index contributed by atoms with van der Waals surface area (Å²) in [4.78, 5) is 56.3. The summed E-state index contributed by atoms with van der Waals surface area (Å²) < 4.78 is 61.4. The van der Waals surface area contributed by atoms with Gasteiger partial charge in [-0.15, -0.1) is 0 Å². The van der Waals surface area contributed by atoms with Crippen molar-refractivity contribution >= 4 is 43.6 Å². The van der Waals surface area contributed by atoms with Crippen molar-refractivity contribution in [2.45, 2.75) is 56.2 Å². The van der Waals surface area contributed by atoms with Crippen LogP contribution in [0, 0.1) is 6.92 Å². The Labute approximate surface area is 249 Å². The maximum absolute atomic E-state index is 13.2. The molecule has 7 heterocycles. The molecular weight excluding hydrogens is 648 g/mol. The number of nitrogens with one attached hydrogen (secondary N) is 1. The molecule has 3 aliphatic heterocycles. The molecule has 3 aliphatic rings. The first-order chi connectivity index (χ1) is 21.3. The van der Waals surface area contributed by atoms with Crippen LogP contribution >= 0.6 is 15.4 Å². The maximum Gasteiger partial charge on any atom is 0.472 e. The summed E-state index contributed by atoms with van der Waals surface area (Å²) in [5.74, 6) is 0.273. The molecule has 4 aromatic rings. The van der Waals surface area contributed by atoms with Crippen molar-refractivity contribution in [2.24, 2.45) is 0 Å². The van der Waals surface area contributed by atoms with Crippen LogP contribution in [0.5, 0.6) is 0 Å². The first-order valence-electron chi connectivity index (χ1n) is 13.1. The number of phosphoric acid groups is 1. The number of nitrogen functional groups attached to an aromatic ring is 1. The Kier molecular flexibility index (Phi) is 7.39. The van der Waals surface area contributed by atoms with Gasteiger partial charge in [-0.1, -0.05) is 0 Å². The number of aliphatic hydroxyl groups excluding tert-OH is 2. The molecule has 242 valence electrons. The molecule has 3 fully saturated rings. The molecule has 0 amide bonds. The van der Waals surface area contributed by atoms with E-state index in [0.717, 1.165) is 12.7 Å². The normalized spacial score (nSPS) is 37.7. The lowest BCUT2D eigenvalue weighted by molar-refractivity contribution is -0.168. The summed E-state index contributed by atoms with van der Waals surface area (Å²) in [5, 5.41) is 22.3. The van der Waals surface area contributed by atoms with Gasteiger partial charge in [-0.05, 0) is 6.92 Å². The molecule has 0 aromatic carbocycles. The minimum atomic E-state index is -5.05. The van der Waals surface area contributed by atoms with Crippen molar-refractivity contribution < 1.29 is 56.9 Å². The summed E-state index contributed by atoms with van der Waals surface area (Å²) in [6, 6.07) is 0. The highest BCUT2D eigenvalue weighted by Crippen LogP contribution is 2.53. The van der Waals surface area contributed by atoms with E-state index < -0.39 is 83.2 Å². The highest BCUT2D eigenvalue weighted by atomic mass is 31.2. The minimum Gasteiger partial charge on any atom is -0.386 e. The molecule has 3 saturated heterocycles. The summed E-state index contributed by atoms with van der Waals surface area (Å²) in [6.07, 6.45) is -10.3. The number of nitrogens with zero attached hydrogens (tertiary/aromatic N) is 7. The van der Waals surface area contributed by atoms with E-state index in [-0.39, 0.29) is 34.0 Å². The number of imidazole rings is 2. The van der Waals surface area contributed by atoms with Gasteiger partial charge in [-0.2, -0.15) is 0 Å². The number of ether oxygens (including phenoxy) is 3. The number of anilines is 1. The number of aryl methyl sites for hydroxylation is 1. The number of aromatic nitrogens is 8. The molecule has 45 heavy (non-hydrogen) atoms. The van der Waals surface area contributed by atoms with Crippen molar-refractivity contribution in [3.05, 3.63) is 35.2 Å². The number of aromatic amines is 1. The number of hydrogen-bond donors (Lipinski definition) is 6. The van der Waals surface area contributed by atoms with Gasteiger partial charge in [0, 0.05) is 0 Å². The summed E-state index contributed by atoms with van der Waals surface area (Å²) in [5.41, 5.74) is 5.54. The average Bonchev–Trinajstić information content (AvgIpc) is 3.72. The lowest BCUT2D eigenvalue weighted by Crippen LogP contribution is -2.38. The topological polar surface area (TPSA) is 304 Å². The first kappa shape index (κ1) is 30.4. The lowest BCUT2D eigenvalue weighted by atomic mass is 10.1. The molecular formula is C21H25N9O13P2. The fourth-order valence-corrected chi connectivity index (χ4v) is 7.29. The molecule has 4 aromatic heterocycles. The third kappa shape index (κ3) is 5.37. The van der Waals surface area contributed by atoms with Crippen LogP contribution in [0.2, 0.25) is 0 Å². The number of aliphatic hydroxyl groups is 2. The predicted molar refractivity (Wildman–Crippen MR) is 144 cm³/mol. The predicted octanol–water partition coefficient (Wildman–Crippen LogP) is -1.62. The van der Waals surface area contributed by atoms with Crippen LogP contribution in [0.25, 0.3) is 22.3 Å². The van der Waals surface area contributed by atoms with E-state index in [1.807, 2.05) is 0 Å². The van der Waals surface area contributed by atoms with E-state index >= 15 is 0 Å². The number of nitrogens with two attached hydrogens (primary N) is 1. The molecule has 0 saturated carbocycles. The van der Waals surface area contributed by atoms with Gasteiger partial charge in [-0.3, -0.25) is 32.1 Å². The van der Waals surface area contributed by atoms with Gasteiger partial charge in [0.2, 0.25) is 0 Å². The molecule has 24 heteroatoms. The smallest absolute Gasteiger partial charge is 0.386 e. The third-order valence-corrected chi connectivity index (χ3v) is 9.34. The fourth-order valence-electron chi connectivity index (χ4n) is 5.33. The summed E-state index contributed by atoms with van der Waals surface area (Å²) in [7, 11) is -9.81. The van der Waals surface area contributed by atoms with Crippen LogP contribution in [-0.4, -0.2) is 109 Å². The first-order valence-corrected chi connectivity index (χ1v) is 16.4. The van der Waals surface area contributed by atoms with Crippen LogP contribution in [0.3, 0.4) is 0 Å². The van der Waals surface area contributed by atoms with Crippen molar-refractivity contribution in [2.75, 3.05) is 18.7 Å². The molecule has 7 N–H and O–H groups in total. The summed E-state index contributed by atoms with van der Waals surface area (Å²) >= 11 is 0. The molecule has 10 atom stereocenters. The molecule has 7 rings (SSSR count). The standard InChI is InChI=1S/C21H25N9O13P2/c1-7-27-17-10(18(33)28-7)26-5-30(17)19-11(31)13-8(40-19)2-39-45(36,37)43-14-12(32)20(41-21(14)38-6-44(34,35)42-13)29-4-25-9-15(22)23-3-24-16(9)29/h3-5,8,11-14,19-21,31-32H,2,6H2,1H3,(H,34,35)(H,36,37)(H2,22,23,24)(H,27,28,33)/t8-,11?,12?,13+,14-,19-,20-,21+/m1/s1. The number of H-pyrrole nitrogens is 1. The zero-order valence-electron chi connectivity index (χ0n) is 22.8. The SMILES string of the molecule is Cc1nc2c(ncn2[C@@H]2O[C@@H]3COP(=O)(O)O[C@@H]4C(O)[C@H](n5cnc6c(N)ncnc65)O[C@@H]4OCP(=O)(O)O[C@@H]3C2O)c(=O)[nH]1. The molecule has 0 radical (unpaired) electrons. The molecule has 4 unspecified atom stereocenters. The van der Waals surface area contributed by atoms with Gasteiger partial charge in [0.25, 0.3) is 5.56 Å². The second-order valence-electron chi connectivity index (χ2n) is 10.3. The van der Waals surface area contributed by atoms with Crippen LogP contribution in [0.1, 0.15) is 18.3 Å². The van der Waals surface area contributed by atoms with Crippen LogP contribution < -0.4 is 11.3 Å². The largest absolute Gasteiger partial charge is 0.472 e. The summed E-state index contributed by atoms with van der Waals surface area (Å²) in [6.45, 7) is 0.724. The van der Waals surface area contributed by atoms with Crippen LogP contribution in [0.4, 0.5) is 5.82 Å². The number of phosphoric ester groups is 1. The Morgan fingerprint density at radius 1 is 0.956 bits per heavy atom. The zero-order chi connectivity index (χ0) is 31.8. The molecule has 0 aliphatic carbocycles. The Bertz CT molecular complexity index is 1930. The Morgan fingerprint density at radius 3 is 2.42 bits per heavy atom. The van der Waals surface area contributed by atoms with Gasteiger partial charge in [0.1, 0.15) is 42.1 Å². The van der Waals surface area contributed by atoms with Crippen molar-refractivity contribution in [1.29, 1.82) is 0 Å². The van der Waals surface area contributed by atoms with Gasteiger partial charge in [0.05, 0.1) is 19.3 Å². The van der Waals surface area contributed by atoms with Gasteiger partial charge in [-0.25, -0.2) is 29.5 Å². The highest BCUT2D eigenvalue weighted by molar-refractivity contribution is 7.52. The second-order valence-corrected chi connectivity index (χ2v) is 13.5. The number of hydrogen-bond acceptors (Lipinski definition) is 17. The third-order valence-electron chi connectivity index (χ3n) is 7.31. The quantitative estimate of drug-likeness (QED) is 0.130. The maximum atomic E-state index is 13.2. The second kappa shape index (κ2) is 10.9. The van der Waals surface area contributed by atoms with E-state index in [1.165, 1.54) is 22.4 Å². The Hall–Kier alpha value is -3.24. The average molecular weight is 673 g/mol. The van der Waals surface area contributed by atoms with E-state index in [9.17, 15) is 33.9 Å².